The van der Waals surface area contributed by atoms with Crippen LogP contribution in [0.2, 0.25) is 0 Å². The second-order valence-electron chi connectivity index (χ2n) is 11.4. The van der Waals surface area contributed by atoms with Crippen LogP contribution in [0.25, 0.3) is 0 Å². The Balaban J connectivity index is 1.85. The quantitative estimate of drug-likeness (QED) is 0.160. The number of aryl methyl sites for hydroxylation is 1. The van der Waals surface area contributed by atoms with Gasteiger partial charge in [-0.1, -0.05) is 24.8 Å². The number of ether oxygens (including phenoxy) is 5. The normalized spacial score (nSPS) is 15.2. The van der Waals surface area contributed by atoms with Gasteiger partial charge in [-0.3, -0.25) is 9.59 Å². The maximum Gasteiger partial charge on any atom is 0.341 e. The molecular weight excluding hydrogens is 598 g/mol. The Hall–Kier alpha value is -4.87. The summed E-state index contributed by atoms with van der Waals surface area (Å²) in [5.74, 6) is -2.79. The Bertz CT molecular complexity index is 1430. The van der Waals surface area contributed by atoms with Gasteiger partial charge in [0.05, 0.1) is 19.6 Å². The molecule has 1 N–H and O–H groups in total. The van der Waals surface area contributed by atoms with Crippen LogP contribution >= 0.6 is 0 Å². The molecule has 1 aliphatic rings. The van der Waals surface area contributed by atoms with Gasteiger partial charge in [0.15, 0.2) is 18.1 Å². The van der Waals surface area contributed by atoms with Gasteiger partial charge in [-0.2, -0.15) is 0 Å². The Kier molecular flexibility index (Phi) is 12.7. The third-order valence-electron chi connectivity index (χ3n) is 7.58. The Morgan fingerprint density at radius 2 is 1.78 bits per heavy atom. The smallest absolute Gasteiger partial charge is 0.341 e. The monoisotopic (exact) mass is 639 g/mol. The fourth-order valence-corrected chi connectivity index (χ4v) is 5.01. The molecule has 12 nitrogen and oxygen atoms in total. The summed E-state index contributed by atoms with van der Waals surface area (Å²) in [7, 11) is 3.07. The van der Waals surface area contributed by atoms with Crippen LogP contribution in [0.4, 0.5) is 0 Å². The maximum atomic E-state index is 13.8. The van der Waals surface area contributed by atoms with E-state index in [9.17, 15) is 24.0 Å². The number of aliphatic carboxylic acids is 1. The number of ketones is 1. The van der Waals surface area contributed by atoms with E-state index < -0.39 is 53.8 Å². The number of amides is 1. The standard InChI is InChI=1S/C34H41NO11/c1-6-30(38)45-21-34(2,3)31(39)32(40)35-17-8-7-12-25(35)33(41)46-26(23-10-9-11-24(19-23)44-20-29(36)37)15-13-22-14-16-27(42-4)28(18-22)43-5/h6,9-11,14,16,18-19,25-26H,1,7-8,12-13,15,17,20-21H2,2-5H3,(H,36,37)/t25-,26?/m0/s1. The van der Waals surface area contributed by atoms with E-state index in [0.29, 0.717) is 49.2 Å². The van der Waals surface area contributed by atoms with Gasteiger partial charge >= 0.3 is 17.9 Å². The van der Waals surface area contributed by atoms with Crippen LogP contribution in [0.15, 0.2) is 55.1 Å². The summed E-state index contributed by atoms with van der Waals surface area (Å²) in [4.78, 5) is 64.3. The van der Waals surface area contributed by atoms with Gasteiger partial charge in [-0.05, 0) is 81.3 Å². The number of hydrogen-bond acceptors (Lipinski definition) is 10. The molecule has 46 heavy (non-hydrogen) atoms. The van der Waals surface area contributed by atoms with Gasteiger partial charge in [-0.25, -0.2) is 14.4 Å². The molecule has 248 valence electrons. The first-order valence-corrected chi connectivity index (χ1v) is 14.9. The van der Waals surface area contributed by atoms with Crippen molar-refractivity contribution in [3.05, 3.63) is 66.2 Å². The molecule has 12 heteroatoms. The maximum absolute atomic E-state index is 13.8. The molecule has 1 amide bonds. The molecule has 0 saturated carbocycles. The number of carboxylic acids is 1. The molecule has 2 atom stereocenters. The second-order valence-corrected chi connectivity index (χ2v) is 11.4. The van der Waals surface area contributed by atoms with Crippen molar-refractivity contribution >= 4 is 29.6 Å². The molecular formula is C34H41NO11. The summed E-state index contributed by atoms with van der Waals surface area (Å²) in [5, 5.41) is 9.04. The zero-order chi connectivity index (χ0) is 33.9. The van der Waals surface area contributed by atoms with E-state index in [4.69, 9.17) is 28.8 Å². The van der Waals surface area contributed by atoms with Crippen molar-refractivity contribution in [1.29, 1.82) is 0 Å². The fraction of sp³-hybridized carbons (Fsp3) is 0.441. The molecule has 2 aromatic rings. The molecule has 1 aliphatic heterocycles. The lowest BCUT2D eigenvalue weighted by Crippen LogP contribution is -2.53. The number of methoxy groups -OCH3 is 2. The summed E-state index contributed by atoms with van der Waals surface area (Å²) in [5.41, 5.74) is 0.114. The number of piperidine rings is 1. The van der Waals surface area contributed by atoms with E-state index in [1.807, 2.05) is 12.1 Å². The lowest BCUT2D eigenvalue weighted by atomic mass is 9.87. The minimum absolute atomic E-state index is 0.182. The van der Waals surface area contributed by atoms with E-state index in [1.165, 1.54) is 33.0 Å². The predicted molar refractivity (Wildman–Crippen MR) is 166 cm³/mol. The van der Waals surface area contributed by atoms with E-state index in [1.54, 1.807) is 30.3 Å². The number of Topliss-reactive ketones (excluding diaryl/α,β-unsaturated/α-hetero) is 1. The van der Waals surface area contributed by atoms with E-state index in [2.05, 4.69) is 6.58 Å². The van der Waals surface area contributed by atoms with Crippen LogP contribution in [-0.4, -0.2) is 79.6 Å². The van der Waals surface area contributed by atoms with Crippen LogP contribution in [0.5, 0.6) is 17.2 Å². The first-order chi connectivity index (χ1) is 21.9. The zero-order valence-corrected chi connectivity index (χ0v) is 26.6. The largest absolute Gasteiger partial charge is 0.493 e. The number of carbonyl (C=O) groups excluding carboxylic acids is 4. The van der Waals surface area contributed by atoms with Crippen LogP contribution in [-0.2, 0) is 39.9 Å². The molecule has 1 fully saturated rings. The van der Waals surface area contributed by atoms with Gasteiger partial charge < -0.3 is 33.7 Å². The molecule has 1 heterocycles. The highest BCUT2D eigenvalue weighted by molar-refractivity contribution is 6.38. The number of nitrogens with zero attached hydrogens (tertiary/aromatic N) is 1. The van der Waals surface area contributed by atoms with Crippen molar-refractivity contribution in [2.24, 2.45) is 5.41 Å². The number of benzene rings is 2. The van der Waals surface area contributed by atoms with Crippen molar-refractivity contribution in [1.82, 2.24) is 4.90 Å². The number of carboxylic acid groups (broad SMARTS) is 1. The molecule has 0 aliphatic carbocycles. The van der Waals surface area contributed by atoms with E-state index in [0.717, 1.165) is 11.6 Å². The van der Waals surface area contributed by atoms with E-state index >= 15 is 0 Å². The van der Waals surface area contributed by atoms with Gasteiger partial charge in [-0.15, -0.1) is 0 Å². The van der Waals surface area contributed by atoms with Crippen molar-refractivity contribution in [3.8, 4) is 17.2 Å². The summed E-state index contributed by atoms with van der Waals surface area (Å²) < 4.78 is 27.2. The van der Waals surface area contributed by atoms with Crippen LogP contribution in [0.1, 0.15) is 56.8 Å². The second kappa shape index (κ2) is 16.4. The van der Waals surface area contributed by atoms with Gasteiger partial charge in [0.1, 0.15) is 24.5 Å². The molecule has 0 spiro atoms. The third-order valence-corrected chi connectivity index (χ3v) is 7.58. The van der Waals surface area contributed by atoms with Crippen molar-refractivity contribution in [3.63, 3.8) is 0 Å². The number of likely N-dealkylation sites (tertiary alicyclic amines) is 1. The molecule has 2 aromatic carbocycles. The van der Waals surface area contributed by atoms with Crippen molar-refractivity contribution < 1.29 is 52.8 Å². The Morgan fingerprint density at radius 1 is 1.04 bits per heavy atom. The highest BCUT2D eigenvalue weighted by atomic mass is 16.5. The summed E-state index contributed by atoms with van der Waals surface area (Å²) in [6, 6.07) is 11.1. The highest BCUT2D eigenvalue weighted by Gasteiger charge is 2.42. The highest BCUT2D eigenvalue weighted by Crippen LogP contribution is 2.32. The lowest BCUT2D eigenvalue weighted by molar-refractivity contribution is -0.165. The lowest BCUT2D eigenvalue weighted by Gasteiger charge is -2.36. The van der Waals surface area contributed by atoms with Crippen LogP contribution in [0, 0.1) is 5.41 Å². The Morgan fingerprint density at radius 3 is 2.46 bits per heavy atom. The summed E-state index contributed by atoms with van der Waals surface area (Å²) in [6.45, 7) is 5.62. The minimum atomic E-state index is -1.33. The topological polar surface area (TPSA) is 155 Å². The van der Waals surface area contributed by atoms with Gasteiger partial charge in [0, 0.05) is 12.6 Å². The predicted octanol–water partition coefficient (Wildman–Crippen LogP) is 4.09. The van der Waals surface area contributed by atoms with Crippen LogP contribution in [0.3, 0.4) is 0 Å². The van der Waals surface area contributed by atoms with Gasteiger partial charge in [0.25, 0.3) is 5.91 Å². The third kappa shape index (κ3) is 9.56. The molecule has 1 saturated heterocycles. The van der Waals surface area contributed by atoms with Gasteiger partial charge in [0.2, 0.25) is 5.78 Å². The van der Waals surface area contributed by atoms with E-state index in [-0.39, 0.29) is 18.9 Å². The van der Waals surface area contributed by atoms with Crippen molar-refractivity contribution in [2.45, 2.75) is 58.1 Å². The first kappa shape index (κ1) is 35.6. The Labute approximate surface area is 268 Å². The molecule has 1 unspecified atom stereocenters. The average Bonchev–Trinajstić information content (AvgIpc) is 3.07. The number of rotatable bonds is 16. The molecule has 0 aromatic heterocycles. The summed E-state index contributed by atoms with van der Waals surface area (Å²) in [6.07, 6.45) is 2.49. The SMILES string of the molecule is C=CC(=O)OCC(C)(C)C(=O)C(=O)N1CCCC[C@H]1C(=O)OC(CCc1ccc(OC)c(OC)c1)c1cccc(OCC(=O)O)c1. The number of esters is 2. The first-order valence-electron chi connectivity index (χ1n) is 14.9. The minimum Gasteiger partial charge on any atom is -0.493 e. The zero-order valence-electron chi connectivity index (χ0n) is 26.6. The summed E-state index contributed by atoms with van der Waals surface area (Å²) >= 11 is 0. The molecule has 0 bridgehead atoms. The molecule has 0 radical (unpaired) electrons. The van der Waals surface area contributed by atoms with Crippen LogP contribution < -0.4 is 14.2 Å². The average molecular weight is 640 g/mol. The van der Waals surface area contributed by atoms with Crippen molar-refractivity contribution in [2.75, 3.05) is 34.0 Å². The number of hydrogen-bond donors (Lipinski definition) is 1. The fourth-order valence-electron chi connectivity index (χ4n) is 5.01. The molecule has 3 rings (SSSR count). The number of carbonyl (C=O) groups is 5.